The molecule has 16 heavy (non-hydrogen) atoms. The summed E-state index contributed by atoms with van der Waals surface area (Å²) >= 11 is 1.02. The first-order valence-electron chi connectivity index (χ1n) is 4.26. The lowest BCUT2D eigenvalue weighted by Gasteiger charge is -1.96. The van der Waals surface area contributed by atoms with Gasteiger partial charge in [0.2, 0.25) is 0 Å². The highest BCUT2D eigenvalue weighted by Gasteiger charge is 2.11. The van der Waals surface area contributed by atoms with E-state index < -0.39 is 5.91 Å². The van der Waals surface area contributed by atoms with Crippen LogP contribution in [0.1, 0.15) is 20.0 Å². The largest absolute Gasteiger partial charge is 0.472 e. The Hall–Kier alpha value is -2.15. The quantitative estimate of drug-likeness (QED) is 0.834. The average Bonchev–Trinajstić information content (AvgIpc) is 2.87. The predicted octanol–water partition coefficient (Wildman–Crippen LogP) is 1.09. The number of carbonyl (C=O) groups is 2. The highest BCUT2D eigenvalue weighted by atomic mass is 32.1. The zero-order chi connectivity index (χ0) is 11.5. The van der Waals surface area contributed by atoms with Gasteiger partial charge in [0.1, 0.15) is 11.1 Å². The van der Waals surface area contributed by atoms with Gasteiger partial charge >= 0.3 is 0 Å². The van der Waals surface area contributed by atoms with Gasteiger partial charge in [-0.15, -0.1) is 0 Å². The van der Waals surface area contributed by atoms with E-state index in [9.17, 15) is 9.59 Å². The Morgan fingerprint density at radius 3 is 2.88 bits per heavy atom. The molecule has 0 aromatic carbocycles. The number of carbonyl (C=O) groups excluding carboxylic acids is 2. The summed E-state index contributed by atoms with van der Waals surface area (Å²) in [6.45, 7) is 0. The van der Waals surface area contributed by atoms with E-state index in [1.54, 1.807) is 0 Å². The van der Waals surface area contributed by atoms with Crippen molar-refractivity contribution in [3.05, 3.63) is 35.2 Å². The van der Waals surface area contributed by atoms with Gasteiger partial charge in [-0.3, -0.25) is 14.9 Å². The van der Waals surface area contributed by atoms with E-state index in [-0.39, 0.29) is 5.91 Å². The number of hydrogen-bond donors (Lipinski definition) is 2. The van der Waals surface area contributed by atoms with E-state index in [1.165, 1.54) is 24.8 Å². The van der Waals surface area contributed by atoms with Crippen LogP contribution < -0.4 is 11.1 Å². The molecule has 0 aliphatic heterocycles. The molecule has 0 spiro atoms. The van der Waals surface area contributed by atoms with Crippen LogP contribution >= 0.6 is 11.3 Å². The van der Waals surface area contributed by atoms with Crippen LogP contribution in [0.2, 0.25) is 0 Å². The molecule has 0 bridgehead atoms. The van der Waals surface area contributed by atoms with Crippen LogP contribution in [0.3, 0.4) is 0 Å². The Bertz CT molecular complexity index is 518. The summed E-state index contributed by atoms with van der Waals surface area (Å²) in [4.78, 5) is 26.5. The van der Waals surface area contributed by atoms with E-state index >= 15 is 0 Å². The maximum Gasteiger partial charge on any atom is 0.260 e. The molecular weight excluding hydrogens is 230 g/mol. The molecule has 2 rings (SSSR count). The Morgan fingerprint density at radius 1 is 1.50 bits per heavy atom. The molecule has 3 N–H and O–H groups in total. The summed E-state index contributed by atoms with van der Waals surface area (Å²) in [5.74, 6) is -0.916. The fourth-order valence-electron chi connectivity index (χ4n) is 1.01. The van der Waals surface area contributed by atoms with Crippen LogP contribution in [0.5, 0.6) is 0 Å². The molecule has 7 heteroatoms. The van der Waals surface area contributed by atoms with E-state index in [0.717, 1.165) is 11.3 Å². The van der Waals surface area contributed by atoms with Gasteiger partial charge in [0, 0.05) is 0 Å². The first-order valence-corrected chi connectivity index (χ1v) is 5.07. The van der Waals surface area contributed by atoms with Crippen molar-refractivity contribution < 1.29 is 14.0 Å². The summed E-state index contributed by atoms with van der Waals surface area (Å²) in [6, 6.07) is 1.53. The molecule has 0 unspecified atom stereocenters. The number of nitrogens with one attached hydrogen (secondary N) is 1. The maximum absolute atomic E-state index is 11.5. The van der Waals surface area contributed by atoms with Gasteiger partial charge in [-0.2, -0.15) is 0 Å². The second-order valence-corrected chi connectivity index (χ2v) is 3.89. The molecule has 0 aliphatic carbocycles. The van der Waals surface area contributed by atoms with Gasteiger partial charge in [-0.1, -0.05) is 11.3 Å². The van der Waals surface area contributed by atoms with Crippen LogP contribution in [0.25, 0.3) is 0 Å². The molecule has 0 saturated heterocycles. The first-order chi connectivity index (χ1) is 7.66. The lowest BCUT2D eigenvalue weighted by Crippen LogP contribution is -2.10. The Morgan fingerprint density at radius 2 is 2.31 bits per heavy atom. The van der Waals surface area contributed by atoms with Crippen LogP contribution in [-0.2, 0) is 0 Å². The maximum atomic E-state index is 11.5. The number of primary amides is 1. The average molecular weight is 237 g/mol. The molecule has 2 aromatic rings. The normalized spacial score (nSPS) is 10.0. The number of aromatic nitrogens is 1. The monoisotopic (exact) mass is 237 g/mol. The number of hydrogen-bond acceptors (Lipinski definition) is 5. The number of nitrogens with zero attached hydrogens (tertiary/aromatic N) is 1. The Balaban J connectivity index is 2.09. The third-order valence-corrected chi connectivity index (χ3v) is 2.68. The minimum Gasteiger partial charge on any atom is -0.472 e. The second-order valence-electron chi connectivity index (χ2n) is 2.86. The molecule has 2 amide bonds. The molecule has 82 valence electrons. The van der Waals surface area contributed by atoms with Crippen molar-refractivity contribution in [3.63, 3.8) is 0 Å². The van der Waals surface area contributed by atoms with Crippen LogP contribution in [0.4, 0.5) is 5.13 Å². The standard InChI is InChI=1S/C9H7N3O3S/c10-7(13)6-3-11-9(16-6)12-8(14)5-1-2-15-4-5/h1-4H,(H2,10,13)(H,11,12,14). The fourth-order valence-corrected chi connectivity index (χ4v) is 1.67. The highest BCUT2D eigenvalue weighted by molar-refractivity contribution is 7.17. The molecule has 0 fully saturated rings. The lowest BCUT2D eigenvalue weighted by molar-refractivity contribution is 0.100. The number of amides is 2. The molecular formula is C9H7N3O3S. The zero-order valence-electron chi connectivity index (χ0n) is 7.97. The lowest BCUT2D eigenvalue weighted by atomic mass is 10.3. The summed E-state index contributed by atoms with van der Waals surface area (Å²) < 4.78 is 4.76. The molecule has 2 heterocycles. The number of nitrogens with two attached hydrogens (primary N) is 1. The molecule has 0 atom stereocenters. The molecule has 6 nitrogen and oxygen atoms in total. The Labute approximate surface area is 94.1 Å². The zero-order valence-corrected chi connectivity index (χ0v) is 8.78. The summed E-state index contributed by atoms with van der Waals surface area (Å²) in [6.07, 6.45) is 4.03. The van der Waals surface area contributed by atoms with Gasteiger partial charge in [0.15, 0.2) is 5.13 Å². The predicted molar refractivity (Wildman–Crippen MR) is 57.3 cm³/mol. The van der Waals surface area contributed by atoms with Crippen molar-refractivity contribution in [1.29, 1.82) is 0 Å². The summed E-state index contributed by atoms with van der Waals surface area (Å²) in [7, 11) is 0. The number of rotatable bonds is 3. The topological polar surface area (TPSA) is 98.2 Å². The smallest absolute Gasteiger partial charge is 0.260 e. The van der Waals surface area contributed by atoms with E-state index in [2.05, 4.69) is 10.3 Å². The SMILES string of the molecule is NC(=O)c1cnc(NC(=O)c2ccoc2)s1. The number of anilines is 1. The third-order valence-electron chi connectivity index (χ3n) is 1.75. The summed E-state index contributed by atoms with van der Waals surface area (Å²) in [5, 5.41) is 2.84. The third kappa shape index (κ3) is 2.09. The summed E-state index contributed by atoms with van der Waals surface area (Å²) in [5.41, 5.74) is 5.44. The van der Waals surface area contributed by atoms with Crippen molar-refractivity contribution in [2.45, 2.75) is 0 Å². The van der Waals surface area contributed by atoms with Crippen molar-refractivity contribution in [2.75, 3.05) is 5.32 Å². The molecule has 0 saturated carbocycles. The van der Waals surface area contributed by atoms with Crippen LogP contribution in [0, 0.1) is 0 Å². The minimum atomic E-state index is -0.568. The van der Waals surface area contributed by atoms with Crippen molar-refractivity contribution >= 4 is 28.3 Å². The van der Waals surface area contributed by atoms with E-state index in [4.69, 9.17) is 10.2 Å². The van der Waals surface area contributed by atoms with E-state index in [0.29, 0.717) is 15.6 Å². The highest BCUT2D eigenvalue weighted by Crippen LogP contribution is 2.18. The van der Waals surface area contributed by atoms with Crippen molar-refractivity contribution in [3.8, 4) is 0 Å². The van der Waals surface area contributed by atoms with Gasteiger partial charge in [0.25, 0.3) is 11.8 Å². The van der Waals surface area contributed by atoms with Crippen molar-refractivity contribution in [1.82, 2.24) is 4.98 Å². The fraction of sp³-hybridized carbons (Fsp3) is 0. The number of furan rings is 1. The van der Waals surface area contributed by atoms with Gasteiger partial charge < -0.3 is 10.2 Å². The molecule has 2 aromatic heterocycles. The second kappa shape index (κ2) is 4.15. The van der Waals surface area contributed by atoms with Gasteiger partial charge in [0.05, 0.1) is 18.0 Å². The molecule has 0 aliphatic rings. The Kier molecular flexibility index (Phi) is 2.69. The minimum absolute atomic E-state index is 0.294. The van der Waals surface area contributed by atoms with Gasteiger partial charge in [-0.05, 0) is 6.07 Å². The van der Waals surface area contributed by atoms with E-state index in [1.807, 2.05) is 0 Å². The first kappa shape index (κ1) is 10.4. The van der Waals surface area contributed by atoms with Crippen molar-refractivity contribution in [2.24, 2.45) is 5.73 Å². The van der Waals surface area contributed by atoms with Gasteiger partial charge in [-0.25, -0.2) is 4.98 Å². The number of thiazole rings is 1. The molecule has 0 radical (unpaired) electrons. The van der Waals surface area contributed by atoms with Crippen LogP contribution in [0.15, 0.2) is 29.2 Å². The van der Waals surface area contributed by atoms with Crippen LogP contribution in [-0.4, -0.2) is 16.8 Å².